The van der Waals surface area contributed by atoms with E-state index in [1.165, 1.54) is 12.1 Å². The Labute approximate surface area is 96.6 Å². The molecule has 0 amide bonds. The minimum absolute atomic E-state index is 0.255. The molecule has 0 spiro atoms. The molecule has 1 aromatic rings. The summed E-state index contributed by atoms with van der Waals surface area (Å²) in [4.78, 5) is 4.08. The van der Waals surface area contributed by atoms with Gasteiger partial charge in [0.25, 0.3) is 0 Å². The Bertz CT molecular complexity index is 392. The van der Waals surface area contributed by atoms with E-state index >= 15 is 0 Å². The Balaban J connectivity index is 2.60. The average Bonchev–Trinajstić information content (AvgIpc) is 2.14. The van der Waals surface area contributed by atoms with Crippen molar-refractivity contribution < 1.29 is 8.82 Å². The van der Waals surface area contributed by atoms with Crippen molar-refractivity contribution in [2.24, 2.45) is 4.99 Å². The van der Waals surface area contributed by atoms with E-state index in [2.05, 4.69) is 31.2 Å². The fraction of sp³-hybridized carbons (Fsp3) is 0.250. The Hall–Kier alpha value is -1.42. The minimum atomic E-state index is -1.64. The Kier molecular flexibility index (Phi) is 4.01. The van der Waals surface area contributed by atoms with Crippen LogP contribution in [0.3, 0.4) is 0 Å². The first-order valence-electron chi connectivity index (χ1n) is 5.04. The lowest BCUT2D eigenvalue weighted by Crippen LogP contribution is -2.24. The van der Waals surface area contributed by atoms with Crippen LogP contribution in [-0.2, 0) is 4.43 Å². The fourth-order valence-corrected chi connectivity index (χ4v) is 1.83. The SMILES string of the molecule is C=C(/N=C/c1ccc(F)cc1)O[Si](C)(C)C. The van der Waals surface area contributed by atoms with E-state index in [4.69, 9.17) is 4.43 Å². The number of aliphatic imine (C=N–C) groups is 1. The lowest BCUT2D eigenvalue weighted by molar-refractivity contribution is 0.421. The van der Waals surface area contributed by atoms with Crippen molar-refractivity contribution in [3.05, 3.63) is 48.1 Å². The van der Waals surface area contributed by atoms with Crippen LogP contribution in [0.4, 0.5) is 4.39 Å². The molecule has 0 unspecified atom stereocenters. The van der Waals surface area contributed by atoms with Gasteiger partial charge in [-0.25, -0.2) is 9.38 Å². The lowest BCUT2D eigenvalue weighted by atomic mass is 10.2. The van der Waals surface area contributed by atoms with Crippen LogP contribution in [0, 0.1) is 5.82 Å². The molecule has 0 aliphatic heterocycles. The molecule has 2 nitrogen and oxygen atoms in total. The van der Waals surface area contributed by atoms with Crippen molar-refractivity contribution in [1.82, 2.24) is 0 Å². The zero-order chi connectivity index (χ0) is 12.2. The predicted molar refractivity (Wildman–Crippen MR) is 67.6 cm³/mol. The Morgan fingerprint density at radius 2 is 1.88 bits per heavy atom. The summed E-state index contributed by atoms with van der Waals surface area (Å²) in [6.45, 7) is 9.90. The van der Waals surface area contributed by atoms with Crippen LogP contribution in [0.15, 0.2) is 41.7 Å². The molecule has 0 N–H and O–H groups in total. The first-order valence-corrected chi connectivity index (χ1v) is 8.45. The lowest BCUT2D eigenvalue weighted by Gasteiger charge is -2.17. The molecule has 1 aromatic carbocycles. The molecule has 16 heavy (non-hydrogen) atoms. The van der Waals surface area contributed by atoms with Gasteiger partial charge in [0, 0.05) is 6.21 Å². The third-order valence-corrected chi connectivity index (χ3v) is 2.50. The van der Waals surface area contributed by atoms with Crippen LogP contribution < -0.4 is 0 Å². The van der Waals surface area contributed by atoms with Gasteiger partial charge >= 0.3 is 0 Å². The van der Waals surface area contributed by atoms with Gasteiger partial charge in [-0.05, 0) is 43.9 Å². The number of halogens is 1. The van der Waals surface area contributed by atoms with Crippen LogP contribution in [0.2, 0.25) is 19.6 Å². The van der Waals surface area contributed by atoms with Crippen LogP contribution in [0.1, 0.15) is 5.56 Å². The maximum Gasteiger partial charge on any atom is 0.244 e. The largest absolute Gasteiger partial charge is 0.532 e. The molecule has 0 saturated heterocycles. The molecule has 1 rings (SSSR count). The van der Waals surface area contributed by atoms with Gasteiger partial charge in [-0.2, -0.15) is 0 Å². The first-order chi connectivity index (χ1) is 7.37. The molecule has 4 heteroatoms. The second-order valence-corrected chi connectivity index (χ2v) is 8.85. The maximum atomic E-state index is 12.6. The number of rotatable bonds is 4. The predicted octanol–water partition coefficient (Wildman–Crippen LogP) is 3.57. The van der Waals surface area contributed by atoms with Gasteiger partial charge < -0.3 is 4.43 Å². The summed E-state index contributed by atoms with van der Waals surface area (Å²) in [6, 6.07) is 6.09. The van der Waals surface area contributed by atoms with Gasteiger partial charge in [0.15, 0.2) is 5.88 Å². The summed E-state index contributed by atoms with van der Waals surface area (Å²) in [6.07, 6.45) is 1.61. The molecule has 0 saturated carbocycles. The van der Waals surface area contributed by atoms with Crippen LogP contribution in [0.25, 0.3) is 0 Å². The van der Waals surface area contributed by atoms with Gasteiger partial charge in [0.1, 0.15) is 5.82 Å². The first kappa shape index (κ1) is 12.6. The summed E-state index contributed by atoms with van der Waals surface area (Å²) in [5, 5.41) is 0. The van der Waals surface area contributed by atoms with E-state index in [0.29, 0.717) is 5.88 Å². The molecule has 0 bridgehead atoms. The minimum Gasteiger partial charge on any atom is -0.532 e. The monoisotopic (exact) mass is 237 g/mol. The highest BCUT2D eigenvalue weighted by Crippen LogP contribution is 2.09. The van der Waals surface area contributed by atoms with Crippen molar-refractivity contribution in [2.75, 3.05) is 0 Å². The molecule has 0 aromatic heterocycles. The number of hydrogen-bond acceptors (Lipinski definition) is 2. The van der Waals surface area contributed by atoms with Crippen molar-refractivity contribution in [3.63, 3.8) is 0 Å². The average molecular weight is 237 g/mol. The highest BCUT2D eigenvalue weighted by atomic mass is 28.4. The summed E-state index contributed by atoms with van der Waals surface area (Å²) in [5.74, 6) is 0.151. The molecule has 0 heterocycles. The van der Waals surface area contributed by atoms with Crippen molar-refractivity contribution in [1.29, 1.82) is 0 Å². The van der Waals surface area contributed by atoms with Crippen molar-refractivity contribution in [2.45, 2.75) is 19.6 Å². The summed E-state index contributed by atoms with van der Waals surface area (Å²) < 4.78 is 18.2. The van der Waals surface area contributed by atoms with E-state index in [1.54, 1.807) is 18.3 Å². The highest BCUT2D eigenvalue weighted by molar-refractivity contribution is 6.70. The normalized spacial score (nSPS) is 11.8. The standard InChI is InChI=1S/C12H16FNOSi/c1-10(15-16(2,3)4)14-9-11-5-7-12(13)8-6-11/h5-9H,1H2,2-4H3/b14-9+. The fourth-order valence-electron chi connectivity index (χ4n) is 1.08. The Morgan fingerprint density at radius 1 is 1.31 bits per heavy atom. The third kappa shape index (κ3) is 4.88. The Morgan fingerprint density at radius 3 is 2.38 bits per heavy atom. The summed E-state index contributed by atoms with van der Waals surface area (Å²) >= 11 is 0. The summed E-state index contributed by atoms with van der Waals surface area (Å²) in [5.41, 5.74) is 0.821. The number of hydrogen-bond donors (Lipinski definition) is 0. The second kappa shape index (κ2) is 5.07. The van der Waals surface area contributed by atoms with E-state index < -0.39 is 8.32 Å². The maximum absolute atomic E-state index is 12.6. The zero-order valence-corrected chi connectivity index (χ0v) is 10.8. The van der Waals surface area contributed by atoms with Crippen molar-refractivity contribution >= 4 is 14.5 Å². The zero-order valence-electron chi connectivity index (χ0n) is 9.83. The van der Waals surface area contributed by atoms with E-state index in [9.17, 15) is 4.39 Å². The van der Waals surface area contributed by atoms with Crippen LogP contribution >= 0.6 is 0 Å². The molecular weight excluding hydrogens is 221 g/mol. The van der Waals surface area contributed by atoms with Crippen LogP contribution in [0.5, 0.6) is 0 Å². The molecule has 0 atom stereocenters. The highest BCUT2D eigenvalue weighted by Gasteiger charge is 2.15. The molecule has 86 valence electrons. The molecule has 0 aliphatic carbocycles. The van der Waals surface area contributed by atoms with E-state index in [-0.39, 0.29) is 5.82 Å². The topological polar surface area (TPSA) is 21.6 Å². The molecular formula is C12H16FNOSi. The van der Waals surface area contributed by atoms with Gasteiger partial charge in [-0.3, -0.25) is 0 Å². The van der Waals surface area contributed by atoms with Gasteiger partial charge in [0.05, 0.1) is 0 Å². The quantitative estimate of drug-likeness (QED) is 0.445. The van der Waals surface area contributed by atoms with E-state index in [0.717, 1.165) is 5.56 Å². The molecule has 0 radical (unpaired) electrons. The van der Waals surface area contributed by atoms with Crippen LogP contribution in [-0.4, -0.2) is 14.5 Å². The van der Waals surface area contributed by atoms with Gasteiger partial charge in [0.2, 0.25) is 8.32 Å². The second-order valence-electron chi connectivity index (χ2n) is 4.42. The summed E-state index contributed by atoms with van der Waals surface area (Å²) in [7, 11) is -1.64. The van der Waals surface area contributed by atoms with Crippen molar-refractivity contribution in [3.8, 4) is 0 Å². The number of nitrogens with zero attached hydrogens (tertiary/aromatic N) is 1. The van der Waals surface area contributed by atoms with E-state index in [1.807, 2.05) is 0 Å². The van der Waals surface area contributed by atoms with Gasteiger partial charge in [-0.1, -0.05) is 12.1 Å². The molecule has 0 aliphatic rings. The molecule has 0 fully saturated rings. The number of benzene rings is 1. The third-order valence-electron chi connectivity index (χ3n) is 1.65. The van der Waals surface area contributed by atoms with Gasteiger partial charge in [-0.15, -0.1) is 0 Å². The smallest absolute Gasteiger partial charge is 0.244 e.